The molecule has 0 N–H and O–H groups in total. The first-order valence-corrected chi connectivity index (χ1v) is 5.51. The molecule has 0 heterocycles. The fourth-order valence-electron chi connectivity index (χ4n) is 1.43. The largest absolute Gasteiger partial charge is 0.497 e. The van der Waals surface area contributed by atoms with Crippen LogP contribution >= 0.6 is 0 Å². The third kappa shape index (κ3) is 3.30. The van der Waals surface area contributed by atoms with Crippen LogP contribution in [0.1, 0.15) is 17.3 Å². The molecule has 0 spiro atoms. The molecule has 18 heavy (non-hydrogen) atoms. The normalized spacial score (nSPS) is 11.7. The summed E-state index contributed by atoms with van der Waals surface area (Å²) < 4.78 is 14.6. The van der Waals surface area contributed by atoms with Crippen molar-refractivity contribution in [1.29, 1.82) is 0 Å². The number of ketones is 1. The highest BCUT2D eigenvalue weighted by Gasteiger charge is 2.28. The summed E-state index contributed by atoms with van der Waals surface area (Å²) in [6.45, 7) is 1.87. The number of rotatable bonds is 6. The molecule has 0 fully saturated rings. The molecule has 5 heteroatoms. The molecular weight excluding hydrogens is 236 g/mol. The summed E-state index contributed by atoms with van der Waals surface area (Å²) in [4.78, 5) is 23.5. The molecule has 0 aliphatic heterocycles. The number of methoxy groups -OCH3 is 2. The molecule has 1 atom stereocenters. The van der Waals surface area contributed by atoms with Gasteiger partial charge in [0.05, 0.1) is 13.7 Å². The minimum Gasteiger partial charge on any atom is -0.497 e. The molecule has 0 aliphatic carbocycles. The van der Waals surface area contributed by atoms with Crippen molar-refractivity contribution in [3.63, 3.8) is 0 Å². The van der Waals surface area contributed by atoms with Gasteiger partial charge in [0, 0.05) is 12.7 Å². The van der Waals surface area contributed by atoms with Crippen LogP contribution in [0.4, 0.5) is 0 Å². The third-order valence-corrected chi connectivity index (χ3v) is 2.35. The monoisotopic (exact) mass is 252 g/mol. The summed E-state index contributed by atoms with van der Waals surface area (Å²) in [5, 5.41) is 0. The number of carbonyl (C=O) groups is 2. The van der Waals surface area contributed by atoms with Crippen molar-refractivity contribution in [1.82, 2.24) is 0 Å². The van der Waals surface area contributed by atoms with Crippen molar-refractivity contribution >= 4 is 11.8 Å². The SMILES string of the molecule is CCOC(=O)C(OC)C(=O)c1ccc(OC)cc1. The number of carbonyl (C=O) groups excluding carboxylic acids is 2. The van der Waals surface area contributed by atoms with Crippen molar-refractivity contribution in [2.24, 2.45) is 0 Å². The Morgan fingerprint density at radius 1 is 1.17 bits per heavy atom. The lowest BCUT2D eigenvalue weighted by molar-refractivity contribution is -0.151. The van der Waals surface area contributed by atoms with Gasteiger partial charge in [0.15, 0.2) is 0 Å². The smallest absolute Gasteiger partial charge is 0.343 e. The van der Waals surface area contributed by atoms with E-state index in [9.17, 15) is 9.59 Å². The fourth-order valence-corrected chi connectivity index (χ4v) is 1.43. The van der Waals surface area contributed by atoms with Crippen LogP contribution in [-0.4, -0.2) is 38.7 Å². The van der Waals surface area contributed by atoms with Gasteiger partial charge >= 0.3 is 5.97 Å². The Morgan fingerprint density at radius 2 is 1.78 bits per heavy atom. The van der Waals surface area contributed by atoms with Crippen molar-refractivity contribution in [3.8, 4) is 5.75 Å². The Bertz CT molecular complexity index is 410. The highest BCUT2D eigenvalue weighted by molar-refractivity contribution is 6.11. The van der Waals surface area contributed by atoms with Gasteiger partial charge in [-0.3, -0.25) is 4.79 Å². The highest BCUT2D eigenvalue weighted by Crippen LogP contribution is 2.14. The first-order valence-electron chi connectivity index (χ1n) is 5.51. The molecule has 0 aromatic heterocycles. The molecule has 0 saturated heterocycles. The second-order valence-electron chi connectivity index (χ2n) is 3.46. The van der Waals surface area contributed by atoms with Gasteiger partial charge in [-0.25, -0.2) is 4.79 Å². The molecule has 98 valence electrons. The Hall–Kier alpha value is -1.88. The highest BCUT2D eigenvalue weighted by atomic mass is 16.6. The van der Waals surface area contributed by atoms with E-state index in [0.29, 0.717) is 11.3 Å². The third-order valence-electron chi connectivity index (χ3n) is 2.35. The minimum absolute atomic E-state index is 0.203. The number of hydrogen-bond donors (Lipinski definition) is 0. The summed E-state index contributed by atoms with van der Waals surface area (Å²) >= 11 is 0. The van der Waals surface area contributed by atoms with Crippen LogP contribution in [-0.2, 0) is 14.3 Å². The van der Waals surface area contributed by atoms with E-state index >= 15 is 0 Å². The van der Waals surface area contributed by atoms with Gasteiger partial charge in [-0.1, -0.05) is 0 Å². The average molecular weight is 252 g/mol. The van der Waals surface area contributed by atoms with E-state index in [-0.39, 0.29) is 6.61 Å². The molecule has 0 radical (unpaired) electrons. The number of Topliss-reactive ketones (excluding diaryl/α,β-unsaturated/α-hetero) is 1. The van der Waals surface area contributed by atoms with E-state index in [1.165, 1.54) is 14.2 Å². The summed E-state index contributed by atoms with van der Waals surface area (Å²) in [5.74, 6) is -0.476. The molecule has 5 nitrogen and oxygen atoms in total. The minimum atomic E-state index is -1.22. The molecule has 1 aromatic carbocycles. The predicted molar refractivity (Wildman–Crippen MR) is 64.8 cm³/mol. The zero-order chi connectivity index (χ0) is 13.5. The maximum absolute atomic E-state index is 12.0. The predicted octanol–water partition coefficient (Wildman–Crippen LogP) is 1.46. The molecule has 0 amide bonds. The van der Waals surface area contributed by atoms with E-state index in [1.807, 2.05) is 0 Å². The maximum Gasteiger partial charge on any atom is 0.343 e. The second kappa shape index (κ2) is 6.76. The lowest BCUT2D eigenvalue weighted by Crippen LogP contribution is -2.33. The molecule has 0 bridgehead atoms. The van der Waals surface area contributed by atoms with Gasteiger partial charge in [-0.15, -0.1) is 0 Å². The van der Waals surface area contributed by atoms with Gasteiger partial charge in [0.25, 0.3) is 0 Å². The molecular formula is C13H16O5. The van der Waals surface area contributed by atoms with Crippen LogP contribution in [0.2, 0.25) is 0 Å². The molecule has 1 aromatic rings. The van der Waals surface area contributed by atoms with Crippen LogP contribution < -0.4 is 4.74 Å². The van der Waals surface area contributed by atoms with Gasteiger partial charge in [0.2, 0.25) is 11.9 Å². The fraction of sp³-hybridized carbons (Fsp3) is 0.385. The number of ether oxygens (including phenoxy) is 3. The van der Waals surface area contributed by atoms with Crippen LogP contribution in [0.15, 0.2) is 24.3 Å². The Morgan fingerprint density at radius 3 is 2.22 bits per heavy atom. The van der Waals surface area contributed by atoms with Crippen LogP contribution in [0.5, 0.6) is 5.75 Å². The van der Waals surface area contributed by atoms with Crippen molar-refractivity contribution in [3.05, 3.63) is 29.8 Å². The first-order chi connectivity index (χ1) is 8.63. The van der Waals surface area contributed by atoms with Crippen molar-refractivity contribution in [2.75, 3.05) is 20.8 Å². The molecule has 0 saturated carbocycles. The first kappa shape index (κ1) is 14.2. The zero-order valence-electron chi connectivity index (χ0n) is 10.6. The Kier molecular flexibility index (Phi) is 5.32. The van der Waals surface area contributed by atoms with E-state index in [4.69, 9.17) is 14.2 Å². The van der Waals surface area contributed by atoms with Crippen molar-refractivity contribution in [2.45, 2.75) is 13.0 Å². The number of esters is 1. The van der Waals surface area contributed by atoms with Crippen LogP contribution in [0, 0.1) is 0 Å². The van der Waals surface area contributed by atoms with Crippen LogP contribution in [0.3, 0.4) is 0 Å². The van der Waals surface area contributed by atoms with E-state index in [1.54, 1.807) is 31.2 Å². The van der Waals surface area contributed by atoms with Gasteiger partial charge in [-0.2, -0.15) is 0 Å². The molecule has 1 rings (SSSR count). The summed E-state index contributed by atoms with van der Waals surface area (Å²) in [5.41, 5.74) is 0.371. The summed E-state index contributed by atoms with van der Waals surface area (Å²) in [6.07, 6.45) is -1.22. The maximum atomic E-state index is 12.0. The van der Waals surface area contributed by atoms with Gasteiger partial charge < -0.3 is 14.2 Å². The van der Waals surface area contributed by atoms with Crippen molar-refractivity contribution < 1.29 is 23.8 Å². The molecule has 1 unspecified atom stereocenters. The van der Waals surface area contributed by atoms with Crippen LogP contribution in [0.25, 0.3) is 0 Å². The standard InChI is InChI=1S/C13H16O5/c1-4-18-13(15)12(17-3)11(14)9-5-7-10(16-2)8-6-9/h5-8,12H,4H2,1-3H3. The molecule has 0 aliphatic rings. The Balaban J connectivity index is 2.85. The van der Waals surface area contributed by atoms with Gasteiger partial charge in [-0.05, 0) is 31.2 Å². The zero-order valence-corrected chi connectivity index (χ0v) is 10.6. The summed E-state index contributed by atoms with van der Waals surface area (Å²) in [6, 6.07) is 6.44. The van der Waals surface area contributed by atoms with E-state index < -0.39 is 17.9 Å². The average Bonchev–Trinajstić information content (AvgIpc) is 2.40. The quantitative estimate of drug-likeness (QED) is 0.435. The Labute approximate surface area is 106 Å². The second-order valence-corrected chi connectivity index (χ2v) is 3.46. The number of benzene rings is 1. The lowest BCUT2D eigenvalue weighted by atomic mass is 10.1. The topological polar surface area (TPSA) is 61.8 Å². The summed E-state index contributed by atoms with van der Waals surface area (Å²) in [7, 11) is 2.83. The lowest BCUT2D eigenvalue weighted by Gasteiger charge is -2.12. The number of hydrogen-bond acceptors (Lipinski definition) is 5. The van der Waals surface area contributed by atoms with Gasteiger partial charge in [0.1, 0.15) is 5.75 Å². The van der Waals surface area contributed by atoms with E-state index in [2.05, 4.69) is 0 Å². The van der Waals surface area contributed by atoms with E-state index in [0.717, 1.165) is 0 Å².